The number of ether oxygens (including phenoxy) is 1. The Morgan fingerprint density at radius 2 is 1.94 bits per heavy atom. The van der Waals surface area contributed by atoms with E-state index in [1.54, 1.807) is 18.3 Å². The summed E-state index contributed by atoms with van der Waals surface area (Å²) in [5, 5.41) is 3.72. The molecule has 32 heavy (non-hydrogen) atoms. The van der Waals surface area contributed by atoms with Gasteiger partial charge in [-0.1, -0.05) is 6.92 Å². The zero-order valence-electron chi connectivity index (χ0n) is 18.3. The standard InChI is InChI=1S/C25H27F2N3O2/c1-3-22(30-25(31)17-8-9-23(32-2)29-14-17)16-6-4-15(5-7-16)19-10-11-28-24-20(19)12-18(26)13-21(24)27/h8-16,22H,3-7H2,1-2H3,(H,30,31). The van der Waals surface area contributed by atoms with Gasteiger partial charge in [-0.2, -0.15) is 0 Å². The number of fused-ring (bicyclic) bond motifs is 1. The highest BCUT2D eigenvalue weighted by Gasteiger charge is 2.29. The van der Waals surface area contributed by atoms with Gasteiger partial charge >= 0.3 is 0 Å². The van der Waals surface area contributed by atoms with E-state index in [2.05, 4.69) is 22.2 Å². The van der Waals surface area contributed by atoms with E-state index < -0.39 is 11.6 Å². The number of hydrogen-bond acceptors (Lipinski definition) is 4. The lowest BCUT2D eigenvalue weighted by molar-refractivity contribution is 0.0909. The summed E-state index contributed by atoms with van der Waals surface area (Å²) in [5.74, 6) is -0.308. The first-order valence-electron chi connectivity index (χ1n) is 11.0. The van der Waals surface area contributed by atoms with Gasteiger partial charge < -0.3 is 10.1 Å². The second kappa shape index (κ2) is 9.59. The number of nitrogens with one attached hydrogen (secondary N) is 1. The summed E-state index contributed by atoms with van der Waals surface area (Å²) in [7, 11) is 1.54. The van der Waals surface area contributed by atoms with Crippen molar-refractivity contribution >= 4 is 16.8 Å². The maximum absolute atomic E-state index is 14.2. The molecule has 1 fully saturated rings. The minimum absolute atomic E-state index is 0.0645. The lowest BCUT2D eigenvalue weighted by atomic mass is 9.75. The molecule has 1 aliphatic carbocycles. The molecule has 0 spiro atoms. The van der Waals surface area contributed by atoms with E-state index in [4.69, 9.17) is 4.74 Å². The van der Waals surface area contributed by atoms with Gasteiger partial charge in [-0.05, 0) is 67.7 Å². The van der Waals surface area contributed by atoms with Crippen molar-refractivity contribution in [3.63, 3.8) is 0 Å². The smallest absolute Gasteiger partial charge is 0.253 e. The van der Waals surface area contributed by atoms with Gasteiger partial charge in [0.05, 0.1) is 12.7 Å². The van der Waals surface area contributed by atoms with Crippen LogP contribution in [0.1, 0.15) is 60.9 Å². The normalized spacial score (nSPS) is 19.5. The molecular weight excluding hydrogens is 412 g/mol. The van der Waals surface area contributed by atoms with Crippen molar-refractivity contribution in [1.29, 1.82) is 0 Å². The van der Waals surface area contributed by atoms with Crippen LogP contribution in [0.4, 0.5) is 8.78 Å². The van der Waals surface area contributed by atoms with Crippen LogP contribution in [0.25, 0.3) is 10.9 Å². The second-order valence-electron chi connectivity index (χ2n) is 8.37. The number of carbonyl (C=O) groups is 1. The molecule has 1 amide bonds. The molecule has 0 bridgehead atoms. The third kappa shape index (κ3) is 4.56. The quantitative estimate of drug-likeness (QED) is 0.559. The van der Waals surface area contributed by atoms with Crippen LogP contribution in [-0.4, -0.2) is 29.0 Å². The highest BCUT2D eigenvalue weighted by atomic mass is 19.1. The van der Waals surface area contributed by atoms with E-state index in [-0.39, 0.29) is 23.4 Å². The van der Waals surface area contributed by atoms with Gasteiger partial charge in [0, 0.05) is 36.0 Å². The molecule has 1 aromatic carbocycles. The molecule has 7 heteroatoms. The van der Waals surface area contributed by atoms with Gasteiger partial charge in [-0.15, -0.1) is 0 Å². The molecule has 1 unspecified atom stereocenters. The lowest BCUT2D eigenvalue weighted by Gasteiger charge is -2.34. The van der Waals surface area contributed by atoms with Crippen LogP contribution in [0.2, 0.25) is 0 Å². The van der Waals surface area contributed by atoms with Crippen LogP contribution in [0.3, 0.4) is 0 Å². The van der Waals surface area contributed by atoms with Gasteiger partial charge in [0.1, 0.15) is 11.3 Å². The van der Waals surface area contributed by atoms with Crippen molar-refractivity contribution in [3.05, 3.63) is 65.5 Å². The van der Waals surface area contributed by atoms with Crippen LogP contribution < -0.4 is 10.1 Å². The van der Waals surface area contributed by atoms with Gasteiger partial charge in [0.15, 0.2) is 5.82 Å². The average molecular weight is 440 g/mol. The molecule has 4 rings (SSSR count). The highest BCUT2D eigenvalue weighted by molar-refractivity contribution is 5.94. The van der Waals surface area contributed by atoms with Crippen molar-refractivity contribution in [2.75, 3.05) is 7.11 Å². The molecule has 3 aromatic rings. The first-order chi connectivity index (χ1) is 15.5. The maximum atomic E-state index is 14.2. The van der Waals surface area contributed by atoms with Crippen molar-refractivity contribution in [1.82, 2.24) is 15.3 Å². The van der Waals surface area contributed by atoms with Crippen LogP contribution in [0, 0.1) is 17.6 Å². The third-order valence-electron chi connectivity index (χ3n) is 6.54. The number of halogens is 2. The van der Waals surface area contributed by atoms with Crippen LogP contribution in [0.5, 0.6) is 5.88 Å². The molecule has 5 nitrogen and oxygen atoms in total. The monoisotopic (exact) mass is 439 g/mol. The lowest BCUT2D eigenvalue weighted by Crippen LogP contribution is -2.41. The molecule has 0 saturated heterocycles. The zero-order chi connectivity index (χ0) is 22.7. The van der Waals surface area contributed by atoms with E-state index in [0.29, 0.717) is 22.7 Å². The molecule has 2 aromatic heterocycles. The molecular formula is C25H27F2N3O2. The predicted molar refractivity (Wildman–Crippen MR) is 119 cm³/mol. The summed E-state index contributed by atoms with van der Waals surface area (Å²) >= 11 is 0. The van der Waals surface area contributed by atoms with Gasteiger partial charge in [0.25, 0.3) is 5.91 Å². The van der Waals surface area contributed by atoms with Crippen LogP contribution in [-0.2, 0) is 0 Å². The number of rotatable bonds is 6. The largest absolute Gasteiger partial charge is 0.481 e. The Morgan fingerprint density at radius 1 is 1.16 bits per heavy atom. The molecule has 1 N–H and O–H groups in total. The fraction of sp³-hybridized carbons (Fsp3) is 0.400. The van der Waals surface area contributed by atoms with Crippen LogP contribution >= 0.6 is 0 Å². The zero-order valence-corrected chi connectivity index (χ0v) is 18.3. The molecule has 1 aliphatic rings. The summed E-state index contributed by atoms with van der Waals surface area (Å²) in [6.07, 6.45) is 7.63. The van der Waals surface area contributed by atoms with Crippen molar-refractivity contribution in [3.8, 4) is 5.88 Å². The van der Waals surface area contributed by atoms with Gasteiger partial charge in [-0.25, -0.2) is 13.8 Å². The molecule has 1 atom stereocenters. The van der Waals surface area contributed by atoms with E-state index in [0.717, 1.165) is 43.7 Å². The Balaban J connectivity index is 1.43. The molecule has 0 radical (unpaired) electrons. The summed E-state index contributed by atoms with van der Waals surface area (Å²) in [6, 6.07) is 7.58. The highest BCUT2D eigenvalue weighted by Crippen LogP contribution is 2.40. The number of nitrogens with zero attached hydrogens (tertiary/aromatic N) is 2. The van der Waals surface area contributed by atoms with Gasteiger partial charge in [-0.3, -0.25) is 9.78 Å². The number of aromatic nitrogens is 2. The molecule has 0 aliphatic heterocycles. The predicted octanol–water partition coefficient (Wildman–Crippen LogP) is 5.40. The number of amides is 1. The van der Waals surface area contributed by atoms with E-state index >= 15 is 0 Å². The number of hydrogen-bond donors (Lipinski definition) is 1. The SMILES string of the molecule is CCC(NC(=O)c1ccc(OC)nc1)C1CCC(c2ccnc3c(F)cc(F)cc23)CC1. The third-order valence-corrected chi connectivity index (χ3v) is 6.54. The maximum Gasteiger partial charge on any atom is 0.253 e. The Hall–Kier alpha value is -3.09. The first-order valence-corrected chi connectivity index (χ1v) is 11.0. The van der Waals surface area contributed by atoms with E-state index in [1.807, 2.05) is 6.07 Å². The molecule has 1 saturated carbocycles. The minimum Gasteiger partial charge on any atom is -0.481 e. The number of pyridine rings is 2. The molecule has 2 heterocycles. The second-order valence-corrected chi connectivity index (χ2v) is 8.37. The Morgan fingerprint density at radius 3 is 2.59 bits per heavy atom. The minimum atomic E-state index is -0.627. The topological polar surface area (TPSA) is 64.1 Å². The van der Waals surface area contributed by atoms with Crippen LogP contribution in [0.15, 0.2) is 42.7 Å². The van der Waals surface area contributed by atoms with Crippen molar-refractivity contribution < 1.29 is 18.3 Å². The fourth-order valence-electron chi connectivity index (χ4n) is 4.83. The summed E-state index contributed by atoms with van der Waals surface area (Å²) < 4.78 is 33.0. The van der Waals surface area contributed by atoms with Crippen molar-refractivity contribution in [2.45, 2.75) is 51.0 Å². The number of methoxy groups -OCH3 is 1. The van der Waals surface area contributed by atoms with E-state index in [1.165, 1.54) is 19.4 Å². The van der Waals surface area contributed by atoms with Gasteiger partial charge in [0.2, 0.25) is 5.88 Å². The summed E-state index contributed by atoms with van der Waals surface area (Å²) in [6.45, 7) is 2.07. The Kier molecular flexibility index (Phi) is 6.63. The number of carbonyl (C=O) groups excluding carboxylic acids is 1. The summed E-state index contributed by atoms with van der Waals surface area (Å²) in [5.41, 5.74) is 1.68. The average Bonchev–Trinajstić information content (AvgIpc) is 2.82. The fourth-order valence-corrected chi connectivity index (χ4v) is 4.83. The first kappa shape index (κ1) is 22.1. The Bertz CT molecular complexity index is 1100. The Labute approximate surface area is 186 Å². The number of benzene rings is 1. The van der Waals surface area contributed by atoms with Crippen molar-refractivity contribution in [2.24, 2.45) is 5.92 Å². The summed E-state index contributed by atoms with van der Waals surface area (Å²) in [4.78, 5) is 20.9. The molecule has 168 valence electrons. The van der Waals surface area contributed by atoms with E-state index in [9.17, 15) is 13.6 Å².